The summed E-state index contributed by atoms with van der Waals surface area (Å²) in [5, 5.41) is 0. The van der Waals surface area contributed by atoms with E-state index in [0.29, 0.717) is 0 Å². The molecule has 0 fully saturated rings. The average molecular weight is 672 g/mol. The molecule has 2 nitrogen and oxygen atoms in total. The first-order valence-corrected chi connectivity index (χ1v) is 22.9. The highest BCUT2D eigenvalue weighted by molar-refractivity contribution is 4.84. The van der Waals surface area contributed by atoms with Gasteiger partial charge in [0.2, 0.25) is 0 Å². The molecule has 0 saturated carbocycles. The first kappa shape index (κ1) is 45.2. The third kappa shape index (κ3) is 29.0. The summed E-state index contributed by atoms with van der Waals surface area (Å²) < 4.78 is 5.25. The van der Waals surface area contributed by atoms with Crippen molar-refractivity contribution in [3.63, 3.8) is 0 Å². The van der Waals surface area contributed by atoms with Crippen LogP contribution < -0.4 is 4.57 Å². The molecule has 1 heterocycles. The molecular weight excluding hydrogens is 581 g/mol. The van der Waals surface area contributed by atoms with Gasteiger partial charge in [-0.3, -0.25) is 0 Å². The van der Waals surface area contributed by atoms with Crippen molar-refractivity contribution in [2.75, 3.05) is 0 Å². The standard InChI is InChI=1S/C46H91N2/c1-4-7-10-13-15-17-19-21-23-25-26-28-30-32-34-36-38-41-46-47(42-39-12-9-6-3)44-45-48(46)43-40-37-35-33-31-29-27-24-22-20-18-16-14-11-8-5-2/h44-45H,4-43H2,1-3H3/q+1. The Labute approximate surface area is 304 Å². The summed E-state index contributed by atoms with van der Waals surface area (Å²) in [7, 11) is 0. The molecule has 0 aliphatic rings. The van der Waals surface area contributed by atoms with Crippen LogP contribution in [-0.2, 0) is 19.5 Å². The Balaban J connectivity index is 2.10. The van der Waals surface area contributed by atoms with Gasteiger partial charge in [-0.2, -0.15) is 0 Å². The van der Waals surface area contributed by atoms with Crippen molar-refractivity contribution in [2.24, 2.45) is 0 Å². The number of rotatable bonds is 40. The van der Waals surface area contributed by atoms with Gasteiger partial charge in [-0.05, 0) is 32.1 Å². The molecule has 0 aromatic carbocycles. The van der Waals surface area contributed by atoms with E-state index < -0.39 is 0 Å². The third-order valence-electron chi connectivity index (χ3n) is 11.1. The van der Waals surface area contributed by atoms with Crippen LogP contribution in [0.3, 0.4) is 0 Å². The molecule has 0 atom stereocenters. The van der Waals surface area contributed by atoms with Crippen molar-refractivity contribution in [2.45, 2.75) is 278 Å². The molecular formula is C46H91N2+. The molecule has 0 aliphatic carbocycles. The molecule has 1 rings (SSSR count). The van der Waals surface area contributed by atoms with E-state index in [1.54, 1.807) is 5.82 Å². The monoisotopic (exact) mass is 672 g/mol. The van der Waals surface area contributed by atoms with Crippen molar-refractivity contribution in [1.82, 2.24) is 4.57 Å². The van der Waals surface area contributed by atoms with Gasteiger partial charge in [-0.25, -0.2) is 9.13 Å². The van der Waals surface area contributed by atoms with Crippen LogP contribution in [0.1, 0.15) is 264 Å². The van der Waals surface area contributed by atoms with Gasteiger partial charge in [0.1, 0.15) is 12.4 Å². The Morgan fingerprint density at radius 1 is 0.354 bits per heavy atom. The summed E-state index contributed by atoms with van der Waals surface area (Å²) in [6, 6.07) is 0. The summed E-state index contributed by atoms with van der Waals surface area (Å²) in [6.45, 7) is 9.40. The predicted octanol–water partition coefficient (Wildman–Crippen LogP) is 15.8. The number of aromatic nitrogens is 2. The topological polar surface area (TPSA) is 8.81 Å². The second kappa shape index (κ2) is 37.5. The lowest BCUT2D eigenvalue weighted by Crippen LogP contribution is -2.37. The van der Waals surface area contributed by atoms with Gasteiger partial charge in [-0.15, -0.1) is 0 Å². The largest absolute Gasteiger partial charge is 0.256 e. The number of hydrogen-bond donors (Lipinski definition) is 0. The molecule has 0 saturated heterocycles. The molecule has 0 radical (unpaired) electrons. The summed E-state index contributed by atoms with van der Waals surface area (Å²) in [4.78, 5) is 0. The Bertz CT molecular complexity index is 736. The second-order valence-electron chi connectivity index (χ2n) is 15.9. The van der Waals surface area contributed by atoms with E-state index in [-0.39, 0.29) is 0 Å². The van der Waals surface area contributed by atoms with E-state index in [9.17, 15) is 0 Å². The van der Waals surface area contributed by atoms with E-state index in [2.05, 4.69) is 42.3 Å². The van der Waals surface area contributed by atoms with E-state index in [4.69, 9.17) is 0 Å². The number of imidazole rings is 1. The molecule has 2 heteroatoms. The lowest BCUT2D eigenvalue weighted by atomic mass is 10.0. The molecule has 48 heavy (non-hydrogen) atoms. The summed E-state index contributed by atoms with van der Waals surface area (Å²) in [6.07, 6.45) is 59.4. The maximum Gasteiger partial charge on any atom is 0.256 e. The average Bonchev–Trinajstić information content (AvgIpc) is 3.48. The minimum atomic E-state index is 1.22. The van der Waals surface area contributed by atoms with Crippen molar-refractivity contribution in [3.05, 3.63) is 18.2 Å². The van der Waals surface area contributed by atoms with Gasteiger partial charge >= 0.3 is 0 Å². The minimum absolute atomic E-state index is 1.22. The van der Waals surface area contributed by atoms with Gasteiger partial charge in [0.15, 0.2) is 0 Å². The quantitative estimate of drug-likeness (QED) is 0.0485. The van der Waals surface area contributed by atoms with Crippen molar-refractivity contribution in [1.29, 1.82) is 0 Å². The fraction of sp³-hybridized carbons (Fsp3) is 0.935. The SMILES string of the molecule is CCCCCCCCCCCCCCCCCCCc1n(CCCCCCCCCCCCCCCCCC)cc[n+]1CCCCCC. The lowest BCUT2D eigenvalue weighted by Gasteiger charge is -2.07. The highest BCUT2D eigenvalue weighted by Gasteiger charge is 2.16. The summed E-state index contributed by atoms with van der Waals surface area (Å²) in [5.41, 5.74) is 0. The highest BCUT2D eigenvalue weighted by Crippen LogP contribution is 2.17. The molecule has 0 unspecified atom stereocenters. The number of nitrogens with zero attached hydrogens (tertiary/aromatic N) is 2. The Morgan fingerprint density at radius 2 is 0.646 bits per heavy atom. The van der Waals surface area contributed by atoms with Crippen LogP contribution in [-0.4, -0.2) is 4.57 Å². The maximum absolute atomic E-state index is 2.64. The van der Waals surface area contributed by atoms with Crippen LogP contribution >= 0.6 is 0 Å². The zero-order valence-electron chi connectivity index (χ0n) is 33.8. The fourth-order valence-corrected chi connectivity index (χ4v) is 7.74. The van der Waals surface area contributed by atoms with Crippen LogP contribution in [0.5, 0.6) is 0 Å². The van der Waals surface area contributed by atoms with Gasteiger partial charge in [-0.1, -0.05) is 226 Å². The van der Waals surface area contributed by atoms with E-state index in [1.807, 2.05) is 0 Å². The zero-order chi connectivity index (χ0) is 34.4. The van der Waals surface area contributed by atoms with Crippen LogP contribution in [0.25, 0.3) is 0 Å². The van der Waals surface area contributed by atoms with Gasteiger partial charge in [0, 0.05) is 6.42 Å². The zero-order valence-corrected chi connectivity index (χ0v) is 33.8. The molecule has 0 aliphatic heterocycles. The molecule has 0 spiro atoms. The minimum Gasteiger partial charge on any atom is -0.234 e. The Kier molecular flexibility index (Phi) is 35.3. The molecule has 284 valence electrons. The molecule has 0 bridgehead atoms. The highest BCUT2D eigenvalue weighted by atomic mass is 15.1. The van der Waals surface area contributed by atoms with Gasteiger partial charge < -0.3 is 0 Å². The number of aryl methyl sites for hydroxylation is 2. The van der Waals surface area contributed by atoms with Crippen LogP contribution in [0.15, 0.2) is 12.4 Å². The van der Waals surface area contributed by atoms with Crippen LogP contribution in [0.2, 0.25) is 0 Å². The van der Waals surface area contributed by atoms with Gasteiger partial charge in [0.05, 0.1) is 13.1 Å². The first-order chi connectivity index (χ1) is 23.8. The Morgan fingerprint density at radius 3 is 1.00 bits per heavy atom. The normalized spacial score (nSPS) is 11.6. The molecule has 0 amide bonds. The number of hydrogen-bond acceptors (Lipinski definition) is 0. The second-order valence-corrected chi connectivity index (χ2v) is 15.9. The summed E-state index contributed by atoms with van der Waals surface area (Å²) >= 11 is 0. The lowest BCUT2D eigenvalue weighted by molar-refractivity contribution is -0.704. The maximum atomic E-state index is 2.64. The van der Waals surface area contributed by atoms with E-state index >= 15 is 0 Å². The predicted molar refractivity (Wildman–Crippen MR) is 216 cm³/mol. The van der Waals surface area contributed by atoms with Crippen molar-refractivity contribution >= 4 is 0 Å². The third-order valence-corrected chi connectivity index (χ3v) is 11.1. The van der Waals surface area contributed by atoms with Crippen LogP contribution in [0, 0.1) is 0 Å². The number of unbranched alkanes of at least 4 members (excludes halogenated alkanes) is 34. The Hall–Kier alpha value is -0.790. The molecule has 1 aromatic rings. The van der Waals surface area contributed by atoms with Crippen molar-refractivity contribution in [3.8, 4) is 0 Å². The first-order valence-electron chi connectivity index (χ1n) is 22.9. The van der Waals surface area contributed by atoms with E-state index in [1.165, 1.54) is 257 Å². The smallest absolute Gasteiger partial charge is 0.234 e. The van der Waals surface area contributed by atoms with Crippen LogP contribution in [0.4, 0.5) is 0 Å². The van der Waals surface area contributed by atoms with Crippen molar-refractivity contribution < 1.29 is 4.57 Å². The summed E-state index contributed by atoms with van der Waals surface area (Å²) in [5.74, 6) is 1.62. The van der Waals surface area contributed by atoms with Gasteiger partial charge in [0.25, 0.3) is 5.82 Å². The molecule has 1 aromatic heterocycles. The fourth-order valence-electron chi connectivity index (χ4n) is 7.74. The van der Waals surface area contributed by atoms with E-state index in [0.717, 1.165) is 0 Å². The molecule has 0 N–H and O–H groups in total.